The first-order chi connectivity index (χ1) is 14.6. The van der Waals surface area contributed by atoms with E-state index in [1.807, 2.05) is 60.0 Å². The lowest BCUT2D eigenvalue weighted by molar-refractivity contribution is -0.124. The van der Waals surface area contributed by atoms with Crippen molar-refractivity contribution in [3.05, 3.63) is 70.1 Å². The van der Waals surface area contributed by atoms with Crippen molar-refractivity contribution in [1.29, 1.82) is 0 Å². The number of thiazole rings is 1. The number of nitrogens with zero attached hydrogens (tertiary/aromatic N) is 2. The van der Waals surface area contributed by atoms with Gasteiger partial charge < -0.3 is 15.5 Å². The summed E-state index contributed by atoms with van der Waals surface area (Å²) in [6, 6.07) is 16.6. The van der Waals surface area contributed by atoms with Gasteiger partial charge in [-0.1, -0.05) is 42.5 Å². The van der Waals surface area contributed by atoms with Crippen LogP contribution in [0.1, 0.15) is 18.5 Å². The fourth-order valence-electron chi connectivity index (χ4n) is 3.43. The smallest absolute Gasteiger partial charge is 0.322 e. The molecule has 0 unspecified atom stereocenters. The van der Waals surface area contributed by atoms with Gasteiger partial charge in [0.15, 0.2) is 0 Å². The highest BCUT2D eigenvalue weighted by Gasteiger charge is 2.34. The van der Waals surface area contributed by atoms with Crippen LogP contribution in [-0.4, -0.2) is 34.4 Å². The van der Waals surface area contributed by atoms with E-state index in [4.69, 9.17) is 0 Å². The number of anilines is 1. The second kappa shape index (κ2) is 9.40. The fourth-order valence-corrected chi connectivity index (χ4v) is 4.64. The van der Waals surface area contributed by atoms with Gasteiger partial charge in [-0.3, -0.25) is 4.79 Å². The van der Waals surface area contributed by atoms with E-state index in [2.05, 4.69) is 31.5 Å². The molecule has 154 valence electrons. The van der Waals surface area contributed by atoms with Gasteiger partial charge in [-0.2, -0.15) is 0 Å². The zero-order chi connectivity index (χ0) is 20.9. The van der Waals surface area contributed by atoms with E-state index in [9.17, 15) is 9.59 Å². The lowest BCUT2D eigenvalue weighted by atomic mass is 10.2. The van der Waals surface area contributed by atoms with Gasteiger partial charge in [-0.15, -0.1) is 11.3 Å². The second-order valence-corrected chi connectivity index (χ2v) is 8.70. The van der Waals surface area contributed by atoms with Crippen molar-refractivity contribution in [1.82, 2.24) is 15.2 Å². The number of hydrogen-bond acceptors (Lipinski definition) is 4. The highest BCUT2D eigenvalue weighted by Crippen LogP contribution is 2.25. The molecule has 1 fully saturated rings. The Labute approximate surface area is 187 Å². The average molecular weight is 485 g/mol. The topological polar surface area (TPSA) is 74.3 Å². The molecule has 1 aliphatic heterocycles. The third-order valence-corrected chi connectivity index (χ3v) is 6.58. The molecule has 8 heteroatoms. The zero-order valence-corrected chi connectivity index (χ0v) is 18.6. The number of carbonyl (C=O) groups excluding carboxylic acids is 2. The Balaban J connectivity index is 1.35. The Morgan fingerprint density at radius 1 is 1.13 bits per heavy atom. The Morgan fingerprint density at radius 2 is 1.90 bits per heavy atom. The van der Waals surface area contributed by atoms with Gasteiger partial charge in [0.25, 0.3) is 0 Å². The quantitative estimate of drug-likeness (QED) is 0.541. The summed E-state index contributed by atoms with van der Waals surface area (Å²) in [6.07, 6.45) is 1.46. The summed E-state index contributed by atoms with van der Waals surface area (Å²) in [5.41, 5.74) is 2.56. The van der Waals surface area contributed by atoms with Crippen molar-refractivity contribution in [3.8, 4) is 10.6 Å². The number of aromatic nitrogens is 1. The van der Waals surface area contributed by atoms with Crippen LogP contribution in [0.5, 0.6) is 0 Å². The van der Waals surface area contributed by atoms with Gasteiger partial charge >= 0.3 is 6.03 Å². The molecule has 6 nitrogen and oxygen atoms in total. The van der Waals surface area contributed by atoms with Crippen LogP contribution in [0.4, 0.5) is 10.5 Å². The third kappa shape index (κ3) is 4.71. The molecule has 1 saturated heterocycles. The number of urea groups is 1. The van der Waals surface area contributed by atoms with Crippen LogP contribution in [0.25, 0.3) is 10.6 Å². The summed E-state index contributed by atoms with van der Waals surface area (Å²) in [5.74, 6) is -0.149. The van der Waals surface area contributed by atoms with E-state index < -0.39 is 6.04 Å². The largest absolute Gasteiger partial charge is 0.349 e. The van der Waals surface area contributed by atoms with E-state index in [-0.39, 0.29) is 11.9 Å². The lowest BCUT2D eigenvalue weighted by Gasteiger charge is -2.24. The number of likely N-dealkylation sites (tertiary alicyclic amines) is 1. The molecule has 1 aromatic heterocycles. The minimum absolute atomic E-state index is 0.149. The van der Waals surface area contributed by atoms with Gasteiger partial charge in [0, 0.05) is 22.0 Å². The number of halogens is 1. The van der Waals surface area contributed by atoms with E-state index >= 15 is 0 Å². The normalized spacial score (nSPS) is 15.8. The first kappa shape index (κ1) is 20.6. The molecule has 1 aliphatic rings. The van der Waals surface area contributed by atoms with Crippen LogP contribution in [-0.2, 0) is 11.3 Å². The minimum atomic E-state index is -0.472. The number of rotatable bonds is 5. The van der Waals surface area contributed by atoms with Crippen LogP contribution in [0.2, 0.25) is 0 Å². The molecule has 0 spiro atoms. The maximum Gasteiger partial charge on any atom is 0.322 e. The summed E-state index contributed by atoms with van der Waals surface area (Å²) < 4.78 is 0.802. The highest BCUT2D eigenvalue weighted by molar-refractivity contribution is 9.10. The zero-order valence-electron chi connectivity index (χ0n) is 16.2. The van der Waals surface area contributed by atoms with Crippen LogP contribution in [0, 0.1) is 0 Å². The monoisotopic (exact) mass is 484 g/mol. The fraction of sp³-hybridized carbons (Fsp3) is 0.227. The number of benzene rings is 2. The summed E-state index contributed by atoms with van der Waals surface area (Å²) in [6.45, 7) is 0.904. The molecular weight excluding hydrogens is 464 g/mol. The lowest BCUT2D eigenvalue weighted by Crippen LogP contribution is -2.47. The first-order valence-electron chi connectivity index (χ1n) is 9.71. The van der Waals surface area contributed by atoms with Gasteiger partial charge in [-0.05, 0) is 40.9 Å². The summed E-state index contributed by atoms with van der Waals surface area (Å²) in [5, 5.41) is 8.70. The first-order valence-corrected chi connectivity index (χ1v) is 11.4. The Hall–Kier alpha value is -2.71. The van der Waals surface area contributed by atoms with E-state index in [1.165, 1.54) is 0 Å². The van der Waals surface area contributed by atoms with Crippen molar-refractivity contribution < 1.29 is 9.59 Å². The molecule has 3 amide bonds. The predicted octanol–water partition coefficient (Wildman–Crippen LogP) is 4.89. The molecule has 3 aromatic rings. The summed E-state index contributed by atoms with van der Waals surface area (Å²) in [7, 11) is 0. The molecule has 4 rings (SSSR count). The van der Waals surface area contributed by atoms with Crippen molar-refractivity contribution in [3.63, 3.8) is 0 Å². The van der Waals surface area contributed by atoms with Crippen LogP contribution >= 0.6 is 27.3 Å². The Morgan fingerprint density at radius 3 is 2.70 bits per heavy atom. The van der Waals surface area contributed by atoms with Crippen molar-refractivity contribution in [2.75, 3.05) is 11.9 Å². The molecule has 2 N–H and O–H groups in total. The van der Waals surface area contributed by atoms with Gasteiger partial charge in [0.1, 0.15) is 11.0 Å². The van der Waals surface area contributed by atoms with Crippen molar-refractivity contribution >= 4 is 44.9 Å². The maximum atomic E-state index is 12.8. The van der Waals surface area contributed by atoms with E-state index in [0.717, 1.165) is 27.2 Å². The number of hydrogen-bond donors (Lipinski definition) is 2. The van der Waals surface area contributed by atoms with E-state index in [0.29, 0.717) is 25.2 Å². The molecular formula is C22H21BrN4O2S. The highest BCUT2D eigenvalue weighted by atomic mass is 79.9. The number of para-hydroxylation sites is 1. The molecule has 2 aromatic carbocycles. The van der Waals surface area contributed by atoms with Crippen molar-refractivity contribution in [2.45, 2.75) is 25.4 Å². The molecule has 0 radical (unpaired) electrons. The molecule has 1 atom stereocenters. The molecule has 0 aliphatic carbocycles. The third-order valence-electron chi connectivity index (χ3n) is 4.95. The van der Waals surface area contributed by atoms with Gasteiger partial charge in [-0.25, -0.2) is 9.78 Å². The van der Waals surface area contributed by atoms with Gasteiger partial charge in [0.05, 0.1) is 17.9 Å². The van der Waals surface area contributed by atoms with Crippen molar-refractivity contribution in [2.24, 2.45) is 0 Å². The molecule has 2 heterocycles. The Kier molecular flexibility index (Phi) is 6.44. The molecule has 30 heavy (non-hydrogen) atoms. The summed E-state index contributed by atoms with van der Waals surface area (Å²) >= 11 is 4.98. The minimum Gasteiger partial charge on any atom is -0.349 e. The second-order valence-electron chi connectivity index (χ2n) is 6.99. The van der Waals surface area contributed by atoms with Crippen LogP contribution in [0.3, 0.4) is 0 Å². The average Bonchev–Trinajstić information content (AvgIpc) is 3.44. The molecule has 0 saturated carbocycles. The molecule has 0 bridgehead atoms. The number of nitrogens with one attached hydrogen (secondary N) is 2. The van der Waals surface area contributed by atoms with E-state index in [1.54, 1.807) is 16.2 Å². The Bertz CT molecular complexity index is 1040. The maximum absolute atomic E-state index is 12.8. The number of amides is 3. The van der Waals surface area contributed by atoms with Crippen LogP contribution < -0.4 is 10.6 Å². The standard InChI is InChI=1S/C22H21BrN4O2S/c23-17-9-4-5-10-18(17)26-22(29)27-12-6-11-19(27)20(28)24-13-16-14-30-21(25-16)15-7-2-1-3-8-15/h1-5,7-10,14,19H,6,11-13H2,(H,24,28)(H,26,29)/t19-/m1/s1. The number of carbonyl (C=O) groups is 2. The summed E-state index contributed by atoms with van der Waals surface area (Å²) in [4.78, 5) is 31.7. The SMILES string of the molecule is O=C(NCc1csc(-c2ccccc2)n1)[C@H]1CCCN1C(=O)Nc1ccccc1Br. The predicted molar refractivity (Wildman–Crippen MR) is 122 cm³/mol. The van der Waals surface area contributed by atoms with Gasteiger partial charge in [0.2, 0.25) is 5.91 Å². The van der Waals surface area contributed by atoms with Crippen LogP contribution in [0.15, 0.2) is 64.5 Å².